The molecule has 0 unspecified atom stereocenters. The first kappa shape index (κ1) is 16.3. The Morgan fingerprint density at radius 2 is 1.89 bits per heavy atom. The highest BCUT2D eigenvalue weighted by Gasteiger charge is 2.26. The lowest BCUT2D eigenvalue weighted by atomic mass is 10.0. The SMILES string of the molecule is O=C(Nc1ccc2nc(-c3ccccc3)cc(N3CCC3)c2c1)C1COC1. The van der Waals surface area contributed by atoms with Crippen molar-refractivity contribution in [2.45, 2.75) is 6.42 Å². The van der Waals surface area contributed by atoms with Gasteiger partial charge >= 0.3 is 0 Å². The number of nitrogens with zero attached hydrogens (tertiary/aromatic N) is 2. The van der Waals surface area contributed by atoms with Crippen molar-refractivity contribution in [3.63, 3.8) is 0 Å². The standard InChI is InChI=1S/C22H21N3O2/c26-22(16-13-27-14-16)23-17-7-8-19-18(11-17)21(25-9-4-10-25)12-20(24-19)15-5-2-1-3-6-15/h1-3,5-8,11-12,16H,4,9-10,13-14H2,(H,23,26). The predicted octanol–water partition coefficient (Wildman–Crippen LogP) is 3.70. The van der Waals surface area contributed by atoms with E-state index in [9.17, 15) is 4.79 Å². The van der Waals surface area contributed by atoms with E-state index >= 15 is 0 Å². The first-order valence-corrected chi connectivity index (χ1v) is 9.42. The van der Waals surface area contributed by atoms with Crippen molar-refractivity contribution in [2.75, 3.05) is 36.5 Å². The van der Waals surface area contributed by atoms with E-state index in [1.807, 2.05) is 36.4 Å². The average Bonchev–Trinajstić information content (AvgIpc) is 2.59. The van der Waals surface area contributed by atoms with Gasteiger partial charge in [0.1, 0.15) is 0 Å². The Kier molecular flexibility index (Phi) is 4.02. The van der Waals surface area contributed by atoms with Gasteiger partial charge < -0.3 is 15.0 Å². The van der Waals surface area contributed by atoms with Crippen LogP contribution >= 0.6 is 0 Å². The molecule has 2 aliphatic heterocycles. The highest BCUT2D eigenvalue weighted by Crippen LogP contribution is 2.34. The van der Waals surface area contributed by atoms with Crippen LogP contribution in [0.1, 0.15) is 6.42 Å². The summed E-state index contributed by atoms with van der Waals surface area (Å²) in [5.41, 5.74) is 5.05. The second-order valence-electron chi connectivity index (χ2n) is 7.19. The van der Waals surface area contributed by atoms with Gasteiger partial charge in [0.15, 0.2) is 0 Å². The third kappa shape index (κ3) is 3.04. The van der Waals surface area contributed by atoms with Gasteiger partial charge in [0.05, 0.1) is 30.3 Å². The molecule has 2 aromatic carbocycles. The number of rotatable bonds is 4. The first-order valence-electron chi connectivity index (χ1n) is 9.42. The molecule has 1 N–H and O–H groups in total. The molecule has 2 saturated heterocycles. The van der Waals surface area contributed by atoms with Gasteiger partial charge in [-0.05, 0) is 30.7 Å². The third-order valence-electron chi connectivity index (χ3n) is 5.33. The molecule has 3 heterocycles. The number of fused-ring (bicyclic) bond motifs is 1. The molecule has 3 aromatic rings. The van der Waals surface area contributed by atoms with Crippen molar-refractivity contribution < 1.29 is 9.53 Å². The van der Waals surface area contributed by atoms with Gasteiger partial charge in [-0.3, -0.25) is 4.79 Å². The Hall–Kier alpha value is -2.92. The van der Waals surface area contributed by atoms with Crippen molar-refractivity contribution >= 4 is 28.2 Å². The molecule has 5 nitrogen and oxygen atoms in total. The van der Waals surface area contributed by atoms with Crippen LogP contribution in [0.4, 0.5) is 11.4 Å². The molecule has 27 heavy (non-hydrogen) atoms. The Morgan fingerprint density at radius 3 is 2.56 bits per heavy atom. The van der Waals surface area contributed by atoms with Crippen LogP contribution in [0.25, 0.3) is 22.2 Å². The van der Waals surface area contributed by atoms with Gasteiger partial charge in [-0.1, -0.05) is 30.3 Å². The molecule has 2 aliphatic rings. The Labute approximate surface area is 158 Å². The Bertz CT molecular complexity index is 995. The van der Waals surface area contributed by atoms with Gasteiger partial charge in [-0.15, -0.1) is 0 Å². The summed E-state index contributed by atoms with van der Waals surface area (Å²) in [5.74, 6) is -0.00547. The summed E-state index contributed by atoms with van der Waals surface area (Å²) >= 11 is 0. The molecular weight excluding hydrogens is 338 g/mol. The minimum Gasteiger partial charge on any atom is -0.380 e. The van der Waals surface area contributed by atoms with Crippen LogP contribution in [0, 0.1) is 5.92 Å². The molecule has 1 aromatic heterocycles. The van der Waals surface area contributed by atoms with E-state index in [1.165, 1.54) is 12.1 Å². The van der Waals surface area contributed by atoms with Crippen LogP contribution in [0.5, 0.6) is 0 Å². The summed E-state index contributed by atoms with van der Waals surface area (Å²) < 4.78 is 5.11. The van der Waals surface area contributed by atoms with Crippen LogP contribution in [0.2, 0.25) is 0 Å². The van der Waals surface area contributed by atoms with E-state index in [0.717, 1.165) is 40.9 Å². The van der Waals surface area contributed by atoms with E-state index in [2.05, 4.69) is 28.4 Å². The number of carbonyl (C=O) groups excluding carboxylic acids is 1. The molecule has 0 spiro atoms. The summed E-state index contributed by atoms with van der Waals surface area (Å²) in [6, 6.07) is 18.4. The predicted molar refractivity (Wildman–Crippen MR) is 107 cm³/mol. The smallest absolute Gasteiger partial charge is 0.232 e. The molecule has 136 valence electrons. The number of pyridine rings is 1. The summed E-state index contributed by atoms with van der Waals surface area (Å²) in [7, 11) is 0. The topological polar surface area (TPSA) is 54.5 Å². The fraction of sp³-hybridized carbons (Fsp3) is 0.273. The molecule has 5 rings (SSSR count). The fourth-order valence-electron chi connectivity index (χ4n) is 3.49. The van der Waals surface area contributed by atoms with Gasteiger partial charge in [0.25, 0.3) is 0 Å². The summed E-state index contributed by atoms with van der Waals surface area (Å²) in [6.45, 7) is 3.15. The maximum Gasteiger partial charge on any atom is 0.232 e. The Morgan fingerprint density at radius 1 is 1.07 bits per heavy atom. The minimum atomic E-state index is -0.0332. The minimum absolute atomic E-state index is 0.0277. The van der Waals surface area contributed by atoms with Crippen molar-refractivity contribution in [1.82, 2.24) is 4.98 Å². The molecule has 0 aliphatic carbocycles. The molecule has 0 atom stereocenters. The zero-order valence-electron chi connectivity index (χ0n) is 15.0. The van der Waals surface area contributed by atoms with E-state index in [-0.39, 0.29) is 11.8 Å². The van der Waals surface area contributed by atoms with Gasteiger partial charge in [-0.2, -0.15) is 0 Å². The lowest BCUT2D eigenvalue weighted by molar-refractivity contribution is -0.133. The van der Waals surface area contributed by atoms with Crippen molar-refractivity contribution in [1.29, 1.82) is 0 Å². The number of anilines is 2. The lowest BCUT2D eigenvalue weighted by Gasteiger charge is -2.34. The third-order valence-corrected chi connectivity index (χ3v) is 5.33. The second-order valence-corrected chi connectivity index (χ2v) is 7.19. The maximum atomic E-state index is 12.2. The molecule has 0 saturated carbocycles. The van der Waals surface area contributed by atoms with E-state index in [4.69, 9.17) is 9.72 Å². The quantitative estimate of drug-likeness (QED) is 0.772. The molecular formula is C22H21N3O2. The zero-order chi connectivity index (χ0) is 18.2. The van der Waals surface area contributed by atoms with Gasteiger partial charge in [-0.25, -0.2) is 4.98 Å². The number of amides is 1. The fourth-order valence-corrected chi connectivity index (χ4v) is 3.49. The molecule has 2 fully saturated rings. The first-order chi connectivity index (χ1) is 13.3. The van der Waals surface area contributed by atoms with Crippen LogP contribution in [-0.4, -0.2) is 37.2 Å². The summed E-state index contributed by atoms with van der Waals surface area (Å²) in [5, 5.41) is 4.10. The number of ether oxygens (including phenoxy) is 1. The van der Waals surface area contributed by atoms with E-state index in [0.29, 0.717) is 13.2 Å². The number of carbonyl (C=O) groups is 1. The van der Waals surface area contributed by atoms with Crippen LogP contribution in [0.3, 0.4) is 0 Å². The summed E-state index contributed by atoms with van der Waals surface area (Å²) in [4.78, 5) is 19.5. The zero-order valence-corrected chi connectivity index (χ0v) is 15.0. The monoisotopic (exact) mass is 359 g/mol. The second kappa shape index (κ2) is 6.67. The largest absolute Gasteiger partial charge is 0.380 e. The van der Waals surface area contributed by atoms with Crippen LogP contribution in [0.15, 0.2) is 54.6 Å². The molecule has 5 heteroatoms. The number of hydrogen-bond acceptors (Lipinski definition) is 4. The van der Waals surface area contributed by atoms with E-state index in [1.54, 1.807) is 0 Å². The number of hydrogen-bond donors (Lipinski definition) is 1. The van der Waals surface area contributed by atoms with Crippen molar-refractivity contribution in [3.8, 4) is 11.3 Å². The lowest BCUT2D eigenvalue weighted by Crippen LogP contribution is -2.38. The average molecular weight is 359 g/mol. The highest BCUT2D eigenvalue weighted by molar-refractivity contribution is 6.00. The van der Waals surface area contributed by atoms with Crippen LogP contribution in [-0.2, 0) is 9.53 Å². The molecule has 0 bridgehead atoms. The van der Waals surface area contributed by atoms with E-state index < -0.39 is 0 Å². The van der Waals surface area contributed by atoms with Crippen LogP contribution < -0.4 is 10.2 Å². The normalized spacial score (nSPS) is 16.7. The Balaban J connectivity index is 1.56. The maximum absolute atomic E-state index is 12.2. The van der Waals surface area contributed by atoms with Crippen molar-refractivity contribution in [3.05, 3.63) is 54.6 Å². The number of aromatic nitrogens is 1. The highest BCUT2D eigenvalue weighted by atomic mass is 16.5. The van der Waals surface area contributed by atoms with Gasteiger partial charge in [0, 0.05) is 35.4 Å². The molecule has 0 radical (unpaired) electrons. The summed E-state index contributed by atoms with van der Waals surface area (Å²) in [6.07, 6.45) is 1.21. The number of benzene rings is 2. The number of nitrogens with one attached hydrogen (secondary N) is 1. The van der Waals surface area contributed by atoms with Crippen molar-refractivity contribution in [2.24, 2.45) is 5.92 Å². The van der Waals surface area contributed by atoms with Gasteiger partial charge in [0.2, 0.25) is 5.91 Å². The molecule has 1 amide bonds.